The van der Waals surface area contributed by atoms with E-state index in [0.717, 1.165) is 24.2 Å². The lowest BCUT2D eigenvalue weighted by atomic mass is 10.1. The highest BCUT2D eigenvalue weighted by atomic mass is 16.5. The minimum Gasteiger partial charge on any atom is -0.496 e. The molecule has 1 heterocycles. The summed E-state index contributed by atoms with van der Waals surface area (Å²) in [5, 5.41) is 3.05. The van der Waals surface area contributed by atoms with Crippen molar-refractivity contribution in [2.24, 2.45) is 0 Å². The molecule has 1 aliphatic carbocycles. The normalized spacial score (nSPS) is 19.4. The van der Waals surface area contributed by atoms with Crippen molar-refractivity contribution >= 4 is 17.9 Å². The van der Waals surface area contributed by atoms with Gasteiger partial charge < -0.3 is 15.0 Å². The third-order valence-corrected chi connectivity index (χ3v) is 5.02. The molecule has 0 bridgehead atoms. The van der Waals surface area contributed by atoms with Crippen molar-refractivity contribution in [1.82, 2.24) is 15.1 Å². The van der Waals surface area contributed by atoms with Crippen LogP contribution in [-0.4, -0.2) is 67.0 Å². The summed E-state index contributed by atoms with van der Waals surface area (Å²) in [5.74, 6) is 0.839. The second-order valence-corrected chi connectivity index (χ2v) is 6.90. The number of ether oxygens (including phenoxy) is 1. The van der Waals surface area contributed by atoms with Crippen LogP contribution in [-0.2, 0) is 9.59 Å². The van der Waals surface area contributed by atoms with Gasteiger partial charge >= 0.3 is 0 Å². The van der Waals surface area contributed by atoms with Gasteiger partial charge in [-0.2, -0.15) is 0 Å². The quantitative estimate of drug-likeness (QED) is 0.784. The molecular formula is C20H27N3O3. The van der Waals surface area contributed by atoms with E-state index in [-0.39, 0.29) is 17.9 Å². The summed E-state index contributed by atoms with van der Waals surface area (Å²) in [6.07, 6.45) is 5.58. The lowest BCUT2D eigenvalue weighted by Gasteiger charge is -2.37. The highest BCUT2D eigenvalue weighted by Crippen LogP contribution is 2.20. The molecule has 6 heteroatoms. The highest BCUT2D eigenvalue weighted by Gasteiger charge is 2.30. The molecule has 2 amide bonds. The molecule has 1 saturated heterocycles. The van der Waals surface area contributed by atoms with Crippen LogP contribution in [0.25, 0.3) is 6.08 Å². The predicted octanol–water partition coefficient (Wildman–Crippen LogP) is 1.52. The van der Waals surface area contributed by atoms with E-state index < -0.39 is 0 Å². The number of para-hydroxylation sites is 1. The average molecular weight is 357 g/mol. The Morgan fingerprint density at radius 1 is 1.19 bits per heavy atom. The number of nitrogens with zero attached hydrogens (tertiary/aromatic N) is 2. The van der Waals surface area contributed by atoms with Crippen molar-refractivity contribution < 1.29 is 14.3 Å². The molecule has 3 rings (SSSR count). The van der Waals surface area contributed by atoms with Gasteiger partial charge in [0.2, 0.25) is 11.8 Å². The second-order valence-electron chi connectivity index (χ2n) is 6.90. The van der Waals surface area contributed by atoms with Crippen LogP contribution in [0.3, 0.4) is 0 Å². The number of carbonyl (C=O) groups is 2. The summed E-state index contributed by atoms with van der Waals surface area (Å²) in [5.41, 5.74) is 0.882. The summed E-state index contributed by atoms with van der Waals surface area (Å²) in [6.45, 7) is 4.64. The van der Waals surface area contributed by atoms with E-state index in [4.69, 9.17) is 4.74 Å². The summed E-state index contributed by atoms with van der Waals surface area (Å²) in [6, 6.07) is 7.85. The lowest BCUT2D eigenvalue weighted by Crippen LogP contribution is -2.55. The Balaban J connectivity index is 1.50. The van der Waals surface area contributed by atoms with E-state index in [9.17, 15) is 9.59 Å². The molecule has 2 aliphatic rings. The standard InChI is InChI=1S/C20H27N3O3/c1-15(20(25)21-17-8-9-17)22-11-13-23(14-12-22)19(24)10-7-16-5-3-4-6-18(16)26-2/h3-7,10,15,17H,8-9,11-14H2,1-2H3,(H,21,25)/b10-7+. The molecule has 1 aliphatic heterocycles. The maximum atomic E-state index is 12.4. The summed E-state index contributed by atoms with van der Waals surface area (Å²) >= 11 is 0. The van der Waals surface area contributed by atoms with Crippen LogP contribution >= 0.6 is 0 Å². The van der Waals surface area contributed by atoms with Gasteiger partial charge in [-0.3, -0.25) is 14.5 Å². The molecule has 6 nitrogen and oxygen atoms in total. The smallest absolute Gasteiger partial charge is 0.246 e. The fourth-order valence-electron chi connectivity index (χ4n) is 3.12. The summed E-state index contributed by atoms with van der Waals surface area (Å²) in [4.78, 5) is 28.6. The van der Waals surface area contributed by atoms with E-state index in [1.807, 2.05) is 36.1 Å². The van der Waals surface area contributed by atoms with Crippen LogP contribution in [0.4, 0.5) is 0 Å². The topological polar surface area (TPSA) is 61.9 Å². The van der Waals surface area contributed by atoms with Gasteiger partial charge in [0.05, 0.1) is 13.2 Å². The van der Waals surface area contributed by atoms with E-state index in [0.29, 0.717) is 32.2 Å². The van der Waals surface area contributed by atoms with Crippen molar-refractivity contribution in [3.63, 3.8) is 0 Å². The third kappa shape index (κ3) is 4.64. The molecule has 1 atom stereocenters. The van der Waals surface area contributed by atoms with Gasteiger partial charge in [-0.05, 0) is 31.9 Å². The first-order valence-corrected chi connectivity index (χ1v) is 9.23. The van der Waals surface area contributed by atoms with Gasteiger partial charge in [-0.1, -0.05) is 18.2 Å². The maximum absolute atomic E-state index is 12.4. The van der Waals surface area contributed by atoms with Gasteiger partial charge in [0.15, 0.2) is 0 Å². The Kier molecular flexibility index (Phi) is 5.93. The molecule has 1 N–H and O–H groups in total. The highest BCUT2D eigenvalue weighted by molar-refractivity contribution is 5.92. The molecule has 2 fully saturated rings. The molecular weight excluding hydrogens is 330 g/mol. The number of benzene rings is 1. The Morgan fingerprint density at radius 3 is 2.54 bits per heavy atom. The molecule has 1 aromatic rings. The van der Waals surface area contributed by atoms with Crippen molar-refractivity contribution in [3.8, 4) is 5.75 Å². The Bertz CT molecular complexity index is 677. The molecule has 1 unspecified atom stereocenters. The molecule has 1 aromatic carbocycles. The van der Waals surface area contributed by atoms with Crippen molar-refractivity contribution in [2.45, 2.75) is 31.8 Å². The molecule has 0 radical (unpaired) electrons. The van der Waals surface area contributed by atoms with Crippen LogP contribution in [0.5, 0.6) is 5.75 Å². The Morgan fingerprint density at radius 2 is 1.88 bits per heavy atom. The molecule has 1 saturated carbocycles. The van der Waals surface area contributed by atoms with Gasteiger partial charge in [0.1, 0.15) is 5.75 Å². The van der Waals surface area contributed by atoms with Crippen LogP contribution in [0.15, 0.2) is 30.3 Å². The van der Waals surface area contributed by atoms with Crippen LogP contribution in [0.2, 0.25) is 0 Å². The first-order chi connectivity index (χ1) is 12.6. The summed E-state index contributed by atoms with van der Waals surface area (Å²) < 4.78 is 5.30. The van der Waals surface area contributed by atoms with E-state index in [1.165, 1.54) is 0 Å². The predicted molar refractivity (Wildman–Crippen MR) is 101 cm³/mol. The fourth-order valence-corrected chi connectivity index (χ4v) is 3.12. The molecule has 140 valence electrons. The van der Waals surface area contributed by atoms with Gasteiger partial charge in [-0.15, -0.1) is 0 Å². The van der Waals surface area contributed by atoms with E-state index in [2.05, 4.69) is 10.2 Å². The number of rotatable bonds is 6. The van der Waals surface area contributed by atoms with Crippen LogP contribution in [0.1, 0.15) is 25.3 Å². The number of hydrogen-bond donors (Lipinski definition) is 1. The van der Waals surface area contributed by atoms with Gasteiger partial charge in [0, 0.05) is 43.9 Å². The largest absolute Gasteiger partial charge is 0.496 e. The minimum atomic E-state index is -0.142. The molecule has 0 aromatic heterocycles. The number of piperazine rings is 1. The Hall–Kier alpha value is -2.34. The average Bonchev–Trinajstić information content (AvgIpc) is 3.49. The first kappa shape index (κ1) is 18.5. The van der Waals surface area contributed by atoms with Gasteiger partial charge in [-0.25, -0.2) is 0 Å². The zero-order chi connectivity index (χ0) is 18.5. The molecule has 0 spiro atoms. The van der Waals surface area contributed by atoms with Crippen molar-refractivity contribution in [3.05, 3.63) is 35.9 Å². The molecule has 26 heavy (non-hydrogen) atoms. The zero-order valence-corrected chi connectivity index (χ0v) is 15.5. The number of nitrogens with one attached hydrogen (secondary N) is 1. The number of methoxy groups -OCH3 is 1. The monoisotopic (exact) mass is 357 g/mol. The van der Waals surface area contributed by atoms with E-state index >= 15 is 0 Å². The third-order valence-electron chi connectivity index (χ3n) is 5.02. The fraction of sp³-hybridized carbons (Fsp3) is 0.500. The zero-order valence-electron chi connectivity index (χ0n) is 15.5. The number of amides is 2. The number of hydrogen-bond acceptors (Lipinski definition) is 4. The van der Waals surface area contributed by atoms with Gasteiger partial charge in [0.25, 0.3) is 0 Å². The lowest BCUT2D eigenvalue weighted by molar-refractivity contribution is -0.130. The van der Waals surface area contributed by atoms with E-state index in [1.54, 1.807) is 19.3 Å². The second kappa shape index (κ2) is 8.36. The summed E-state index contributed by atoms with van der Waals surface area (Å²) in [7, 11) is 1.62. The minimum absolute atomic E-state index is 0.00867. The Labute approximate surface area is 154 Å². The van der Waals surface area contributed by atoms with Crippen molar-refractivity contribution in [1.29, 1.82) is 0 Å². The SMILES string of the molecule is COc1ccccc1/C=C/C(=O)N1CCN(C(C)C(=O)NC2CC2)CC1. The van der Waals surface area contributed by atoms with Crippen LogP contribution in [0, 0.1) is 0 Å². The van der Waals surface area contributed by atoms with Crippen molar-refractivity contribution in [2.75, 3.05) is 33.3 Å². The first-order valence-electron chi connectivity index (χ1n) is 9.23. The van der Waals surface area contributed by atoms with Crippen LogP contribution < -0.4 is 10.1 Å². The number of carbonyl (C=O) groups excluding carboxylic acids is 2. The maximum Gasteiger partial charge on any atom is 0.246 e.